The van der Waals surface area contributed by atoms with Crippen LogP contribution in [0.25, 0.3) is 12.2 Å². The molecular weight excluding hydrogens is 420 g/mol. The third-order valence-electron chi connectivity index (χ3n) is 5.44. The molecule has 33 heavy (non-hydrogen) atoms. The maximum atomic E-state index is 12.8. The minimum Gasteiger partial charge on any atom is -0.497 e. The fourth-order valence-corrected chi connectivity index (χ4v) is 3.62. The number of rotatable bonds is 6. The van der Waals surface area contributed by atoms with Gasteiger partial charge in [0.2, 0.25) is 17.5 Å². The Kier molecular flexibility index (Phi) is 6.60. The molecule has 0 unspecified atom stereocenters. The Labute approximate surface area is 192 Å². The normalized spacial score (nSPS) is 13.7. The number of nitriles is 1. The summed E-state index contributed by atoms with van der Waals surface area (Å²) >= 11 is 0. The lowest BCUT2D eigenvalue weighted by atomic mass is 10.1. The van der Waals surface area contributed by atoms with E-state index in [4.69, 9.17) is 13.9 Å². The molecule has 3 aromatic rings. The molecule has 1 aromatic heterocycles. The van der Waals surface area contributed by atoms with Crippen molar-refractivity contribution in [1.82, 2.24) is 9.88 Å². The van der Waals surface area contributed by atoms with Crippen LogP contribution in [-0.4, -0.2) is 56.2 Å². The summed E-state index contributed by atoms with van der Waals surface area (Å²) in [5, 5.41) is 9.53. The Hall–Kier alpha value is -4.25. The van der Waals surface area contributed by atoms with Gasteiger partial charge in [-0.2, -0.15) is 10.2 Å². The molecule has 0 aliphatic carbocycles. The van der Waals surface area contributed by atoms with E-state index in [9.17, 15) is 10.1 Å². The zero-order valence-electron chi connectivity index (χ0n) is 18.5. The first-order valence-corrected chi connectivity index (χ1v) is 10.5. The SMILES string of the molecule is COc1ccc(/C=C/c2nc(C#N)c(N3CCN(C(=O)c4cccc(OC)c4)CC3)o2)cc1. The van der Waals surface area contributed by atoms with Crippen molar-refractivity contribution in [2.75, 3.05) is 45.3 Å². The summed E-state index contributed by atoms with van der Waals surface area (Å²) < 4.78 is 16.3. The predicted octanol–water partition coefficient (Wildman–Crippen LogP) is 3.70. The Morgan fingerprint density at radius 2 is 1.76 bits per heavy atom. The number of methoxy groups -OCH3 is 2. The Balaban J connectivity index is 1.42. The third-order valence-corrected chi connectivity index (χ3v) is 5.44. The van der Waals surface area contributed by atoms with E-state index in [1.165, 1.54) is 0 Å². The number of carbonyl (C=O) groups is 1. The number of benzene rings is 2. The molecule has 8 heteroatoms. The molecule has 8 nitrogen and oxygen atoms in total. The van der Waals surface area contributed by atoms with E-state index in [1.54, 1.807) is 43.4 Å². The van der Waals surface area contributed by atoms with Crippen LogP contribution in [0.3, 0.4) is 0 Å². The standard InChI is InChI=1S/C25H24N4O4/c1-31-20-9-6-18(7-10-20)8-11-23-27-22(17-26)25(33-23)29-14-12-28(13-15-29)24(30)19-4-3-5-21(16-19)32-2/h3-11,16H,12-15H2,1-2H3/b11-8+. The molecule has 1 fully saturated rings. The fraction of sp³-hybridized carbons (Fsp3) is 0.240. The molecule has 0 saturated carbocycles. The number of piperazine rings is 1. The van der Waals surface area contributed by atoms with Crippen LogP contribution in [-0.2, 0) is 0 Å². The predicted molar refractivity (Wildman–Crippen MR) is 124 cm³/mol. The van der Waals surface area contributed by atoms with Crippen LogP contribution in [0.4, 0.5) is 5.88 Å². The summed E-state index contributed by atoms with van der Waals surface area (Å²) in [7, 11) is 3.20. The molecule has 0 spiro atoms. The van der Waals surface area contributed by atoms with Crippen molar-refractivity contribution in [2.24, 2.45) is 0 Å². The second kappa shape index (κ2) is 9.92. The van der Waals surface area contributed by atoms with Crippen molar-refractivity contribution in [3.05, 3.63) is 71.2 Å². The molecule has 0 atom stereocenters. The van der Waals surface area contributed by atoms with Gasteiger partial charge in [-0.1, -0.05) is 18.2 Å². The van der Waals surface area contributed by atoms with Gasteiger partial charge in [0.25, 0.3) is 5.91 Å². The molecule has 1 aliphatic heterocycles. The van der Waals surface area contributed by atoms with Crippen LogP contribution in [0, 0.1) is 11.3 Å². The topological polar surface area (TPSA) is 91.8 Å². The molecule has 0 radical (unpaired) electrons. The molecule has 4 rings (SSSR count). The number of aromatic nitrogens is 1. The van der Waals surface area contributed by atoms with Crippen molar-refractivity contribution in [2.45, 2.75) is 0 Å². The van der Waals surface area contributed by atoms with Crippen molar-refractivity contribution in [3.8, 4) is 17.6 Å². The number of anilines is 1. The maximum absolute atomic E-state index is 12.8. The highest BCUT2D eigenvalue weighted by Gasteiger charge is 2.26. The molecule has 1 saturated heterocycles. The van der Waals surface area contributed by atoms with Crippen LogP contribution in [0.15, 0.2) is 52.9 Å². The number of hydrogen-bond donors (Lipinski definition) is 0. The first-order valence-electron chi connectivity index (χ1n) is 10.5. The van der Waals surface area contributed by atoms with Crippen molar-refractivity contribution >= 4 is 23.9 Å². The highest BCUT2D eigenvalue weighted by atomic mass is 16.5. The van der Waals surface area contributed by atoms with Crippen LogP contribution in [0.1, 0.15) is 27.5 Å². The molecule has 2 heterocycles. The summed E-state index contributed by atoms with van der Waals surface area (Å²) in [5.41, 5.74) is 1.78. The van der Waals surface area contributed by atoms with Crippen molar-refractivity contribution < 1.29 is 18.7 Å². The number of ether oxygens (including phenoxy) is 2. The van der Waals surface area contributed by atoms with Gasteiger partial charge in [-0.05, 0) is 42.0 Å². The van der Waals surface area contributed by atoms with Crippen molar-refractivity contribution in [3.63, 3.8) is 0 Å². The summed E-state index contributed by atoms with van der Waals surface area (Å²) in [4.78, 5) is 20.9. The monoisotopic (exact) mass is 444 g/mol. The van der Waals surface area contributed by atoms with Crippen LogP contribution < -0.4 is 14.4 Å². The number of amides is 1. The maximum Gasteiger partial charge on any atom is 0.254 e. The number of nitrogens with zero attached hydrogens (tertiary/aromatic N) is 4. The lowest BCUT2D eigenvalue weighted by molar-refractivity contribution is 0.0745. The molecule has 168 valence electrons. The van der Waals surface area contributed by atoms with Gasteiger partial charge < -0.3 is 23.7 Å². The minimum absolute atomic E-state index is 0.0465. The molecular formula is C25H24N4O4. The average molecular weight is 444 g/mol. The highest BCUT2D eigenvalue weighted by molar-refractivity contribution is 5.94. The van der Waals surface area contributed by atoms with Gasteiger partial charge in [-0.3, -0.25) is 4.79 Å². The number of oxazole rings is 1. The molecule has 1 amide bonds. The van der Waals surface area contributed by atoms with Crippen LogP contribution in [0.5, 0.6) is 11.5 Å². The zero-order chi connectivity index (χ0) is 23.2. The van der Waals surface area contributed by atoms with E-state index >= 15 is 0 Å². The molecule has 2 aromatic carbocycles. The number of hydrogen-bond acceptors (Lipinski definition) is 7. The first kappa shape index (κ1) is 22.0. The smallest absolute Gasteiger partial charge is 0.254 e. The van der Waals surface area contributed by atoms with Gasteiger partial charge in [0.15, 0.2) is 0 Å². The summed E-state index contributed by atoms with van der Waals surface area (Å²) in [6.45, 7) is 2.11. The largest absolute Gasteiger partial charge is 0.497 e. The van der Waals surface area contributed by atoms with Crippen LogP contribution in [0.2, 0.25) is 0 Å². The Morgan fingerprint density at radius 3 is 2.42 bits per heavy atom. The summed E-state index contributed by atoms with van der Waals surface area (Å²) in [6.07, 6.45) is 3.59. The van der Waals surface area contributed by atoms with Gasteiger partial charge in [0.05, 0.1) is 14.2 Å². The summed E-state index contributed by atoms with van der Waals surface area (Å²) in [6, 6.07) is 16.8. The van der Waals surface area contributed by atoms with E-state index in [0.29, 0.717) is 49.3 Å². The average Bonchev–Trinajstić information content (AvgIpc) is 3.31. The quantitative estimate of drug-likeness (QED) is 0.572. The number of carbonyl (C=O) groups excluding carboxylic acids is 1. The molecule has 0 N–H and O–H groups in total. The van der Waals surface area contributed by atoms with E-state index < -0.39 is 0 Å². The lowest BCUT2D eigenvalue weighted by Crippen LogP contribution is -2.48. The molecule has 1 aliphatic rings. The Morgan fingerprint density at radius 1 is 1.03 bits per heavy atom. The second-order valence-corrected chi connectivity index (χ2v) is 7.44. The zero-order valence-corrected chi connectivity index (χ0v) is 18.5. The first-order chi connectivity index (χ1) is 16.1. The fourth-order valence-electron chi connectivity index (χ4n) is 3.62. The van der Waals surface area contributed by atoms with E-state index in [1.807, 2.05) is 41.3 Å². The van der Waals surface area contributed by atoms with Gasteiger partial charge in [0.1, 0.15) is 17.6 Å². The minimum atomic E-state index is -0.0465. The molecule has 0 bridgehead atoms. The van der Waals surface area contributed by atoms with Crippen molar-refractivity contribution in [1.29, 1.82) is 5.26 Å². The van der Waals surface area contributed by atoms with Gasteiger partial charge in [-0.25, -0.2) is 0 Å². The van der Waals surface area contributed by atoms with E-state index in [0.717, 1.165) is 11.3 Å². The van der Waals surface area contributed by atoms with E-state index in [-0.39, 0.29) is 11.6 Å². The lowest BCUT2D eigenvalue weighted by Gasteiger charge is -2.34. The van der Waals surface area contributed by atoms with Crippen LogP contribution >= 0.6 is 0 Å². The Bertz CT molecular complexity index is 1190. The third kappa shape index (κ3) is 4.99. The van der Waals surface area contributed by atoms with E-state index in [2.05, 4.69) is 11.1 Å². The highest BCUT2D eigenvalue weighted by Crippen LogP contribution is 2.25. The summed E-state index contributed by atoms with van der Waals surface area (Å²) in [5.74, 6) is 2.17. The van der Waals surface area contributed by atoms with Gasteiger partial charge >= 0.3 is 0 Å². The van der Waals surface area contributed by atoms with Gasteiger partial charge in [0, 0.05) is 37.8 Å². The second-order valence-electron chi connectivity index (χ2n) is 7.44. The van der Waals surface area contributed by atoms with Gasteiger partial charge in [-0.15, -0.1) is 0 Å².